The molecule has 0 aromatic carbocycles. The fraction of sp³-hybridized carbons (Fsp3) is 0.364. The van der Waals surface area contributed by atoms with Crippen LogP contribution in [-0.2, 0) is 11.3 Å². The molecular formula is C11H16N2O3. The zero-order valence-electron chi connectivity index (χ0n) is 9.07. The van der Waals surface area contributed by atoms with Crippen LogP contribution in [0.15, 0.2) is 29.4 Å². The molecule has 5 heteroatoms. The normalized spacial score (nSPS) is 10.1. The average molecular weight is 224 g/mol. The molecule has 0 spiro atoms. The number of hydrogen-bond donors (Lipinski definition) is 2. The first-order valence-electron chi connectivity index (χ1n) is 5.05. The molecule has 0 unspecified atom stereocenters. The molecule has 1 aromatic rings. The van der Waals surface area contributed by atoms with Gasteiger partial charge in [-0.15, -0.1) is 6.58 Å². The highest BCUT2D eigenvalue weighted by molar-refractivity contribution is 5.93. The van der Waals surface area contributed by atoms with Gasteiger partial charge in [0.25, 0.3) is 5.91 Å². The molecule has 1 heterocycles. The molecule has 0 radical (unpaired) electrons. The number of rotatable bonds is 7. The minimum atomic E-state index is -0.373. The molecule has 1 aromatic heterocycles. The third-order valence-electron chi connectivity index (χ3n) is 1.99. The first-order valence-corrected chi connectivity index (χ1v) is 5.05. The molecule has 0 bridgehead atoms. The van der Waals surface area contributed by atoms with Gasteiger partial charge in [0.15, 0.2) is 0 Å². The van der Waals surface area contributed by atoms with Crippen molar-refractivity contribution in [3.63, 3.8) is 0 Å². The van der Waals surface area contributed by atoms with E-state index in [1.54, 1.807) is 6.07 Å². The fourth-order valence-corrected chi connectivity index (χ4v) is 1.16. The van der Waals surface area contributed by atoms with Crippen LogP contribution in [-0.4, -0.2) is 12.5 Å². The Labute approximate surface area is 94.2 Å². The summed E-state index contributed by atoms with van der Waals surface area (Å²) in [6, 6.07) is 1.61. The van der Waals surface area contributed by atoms with Crippen LogP contribution in [0.3, 0.4) is 0 Å². The first kappa shape index (κ1) is 12.5. The van der Waals surface area contributed by atoms with Gasteiger partial charge in [0.05, 0.1) is 5.56 Å². The maximum absolute atomic E-state index is 11.1. The number of hydrogen-bond acceptors (Lipinski definition) is 4. The van der Waals surface area contributed by atoms with E-state index >= 15 is 0 Å². The summed E-state index contributed by atoms with van der Waals surface area (Å²) in [5.41, 5.74) is 2.42. The summed E-state index contributed by atoms with van der Waals surface area (Å²) in [6.45, 7) is 4.62. The predicted molar refractivity (Wildman–Crippen MR) is 59.4 cm³/mol. The molecule has 5 nitrogen and oxygen atoms in total. The summed E-state index contributed by atoms with van der Waals surface area (Å²) in [5.74, 6) is 5.22. The minimum Gasteiger partial charge on any atom is -0.466 e. The van der Waals surface area contributed by atoms with Crippen molar-refractivity contribution in [3.8, 4) is 0 Å². The number of nitrogens with two attached hydrogens (primary N) is 1. The van der Waals surface area contributed by atoms with Crippen molar-refractivity contribution in [1.82, 2.24) is 5.43 Å². The Balaban J connectivity index is 2.29. The molecule has 0 fully saturated rings. The van der Waals surface area contributed by atoms with Crippen LogP contribution in [0.25, 0.3) is 0 Å². The summed E-state index contributed by atoms with van der Waals surface area (Å²) in [4.78, 5) is 11.1. The van der Waals surface area contributed by atoms with Crippen LogP contribution in [0.4, 0.5) is 0 Å². The van der Waals surface area contributed by atoms with Gasteiger partial charge in [0.2, 0.25) is 0 Å². The van der Waals surface area contributed by atoms with E-state index in [1.807, 2.05) is 11.5 Å². The predicted octanol–water partition coefficient (Wildman–Crippen LogP) is 1.37. The van der Waals surface area contributed by atoms with Crippen molar-refractivity contribution >= 4 is 5.91 Å². The van der Waals surface area contributed by atoms with Gasteiger partial charge in [-0.1, -0.05) is 6.08 Å². The number of hydrazine groups is 1. The van der Waals surface area contributed by atoms with Gasteiger partial charge in [-0.25, -0.2) is 5.84 Å². The van der Waals surface area contributed by atoms with Gasteiger partial charge in [-0.2, -0.15) is 0 Å². The number of amides is 1. The summed E-state index contributed by atoms with van der Waals surface area (Å²) < 4.78 is 10.5. The lowest BCUT2D eigenvalue weighted by atomic mass is 10.3. The van der Waals surface area contributed by atoms with Crippen LogP contribution < -0.4 is 11.3 Å². The maximum Gasteiger partial charge on any atom is 0.268 e. The zero-order chi connectivity index (χ0) is 11.8. The van der Waals surface area contributed by atoms with Crippen LogP contribution in [0.1, 0.15) is 29.0 Å². The van der Waals surface area contributed by atoms with Crippen LogP contribution in [0, 0.1) is 0 Å². The number of unbranched alkanes of at least 4 members (excludes halogenated alkanes) is 1. The number of ether oxygens (including phenoxy) is 1. The quantitative estimate of drug-likeness (QED) is 0.241. The summed E-state index contributed by atoms with van der Waals surface area (Å²) in [6.07, 6.45) is 5.06. The van der Waals surface area contributed by atoms with Gasteiger partial charge >= 0.3 is 0 Å². The third kappa shape index (κ3) is 3.88. The van der Waals surface area contributed by atoms with E-state index in [4.69, 9.17) is 15.0 Å². The minimum absolute atomic E-state index is 0.356. The van der Waals surface area contributed by atoms with E-state index in [-0.39, 0.29) is 5.91 Å². The third-order valence-corrected chi connectivity index (χ3v) is 1.99. The molecule has 0 aliphatic heterocycles. The number of allylic oxidation sites excluding steroid dienone is 1. The Hall–Kier alpha value is -1.59. The Morgan fingerprint density at radius 1 is 1.69 bits per heavy atom. The van der Waals surface area contributed by atoms with Crippen molar-refractivity contribution in [3.05, 3.63) is 36.3 Å². The van der Waals surface area contributed by atoms with E-state index in [0.29, 0.717) is 24.5 Å². The lowest BCUT2D eigenvalue weighted by molar-refractivity contribution is 0.0953. The molecule has 0 aliphatic carbocycles. The molecule has 0 saturated carbocycles. The molecular weight excluding hydrogens is 208 g/mol. The Morgan fingerprint density at radius 2 is 2.50 bits per heavy atom. The number of furan rings is 1. The highest BCUT2D eigenvalue weighted by Gasteiger charge is 2.08. The van der Waals surface area contributed by atoms with E-state index in [1.165, 1.54) is 6.26 Å². The number of nitrogens with one attached hydrogen (secondary N) is 1. The van der Waals surface area contributed by atoms with Gasteiger partial charge < -0.3 is 9.15 Å². The summed E-state index contributed by atoms with van der Waals surface area (Å²) in [5, 5.41) is 0. The van der Waals surface area contributed by atoms with Gasteiger partial charge in [0.1, 0.15) is 18.6 Å². The van der Waals surface area contributed by atoms with Crippen molar-refractivity contribution < 1.29 is 13.9 Å². The number of nitrogen functional groups attached to an aromatic ring is 1. The Kier molecular flexibility index (Phi) is 5.31. The lowest BCUT2D eigenvalue weighted by Gasteiger charge is -1.99. The number of carbonyl (C=O) groups is 1. The highest BCUT2D eigenvalue weighted by Crippen LogP contribution is 2.09. The standard InChI is InChI=1S/C11H16N2O3/c1-2-3-4-5-15-8-10-6-9(7-16-10)11(14)13-12/h2,6-7H,1,3-5,8,12H2,(H,13,14). The molecule has 0 atom stereocenters. The summed E-state index contributed by atoms with van der Waals surface area (Å²) in [7, 11) is 0. The zero-order valence-corrected chi connectivity index (χ0v) is 9.07. The first-order chi connectivity index (χ1) is 7.77. The smallest absolute Gasteiger partial charge is 0.268 e. The van der Waals surface area contributed by atoms with Crippen LogP contribution >= 0.6 is 0 Å². The second-order valence-electron chi connectivity index (χ2n) is 3.26. The monoisotopic (exact) mass is 224 g/mol. The van der Waals surface area contributed by atoms with Crippen LogP contribution in [0.5, 0.6) is 0 Å². The molecule has 1 amide bonds. The van der Waals surface area contributed by atoms with E-state index in [2.05, 4.69) is 6.58 Å². The van der Waals surface area contributed by atoms with Crippen molar-refractivity contribution in [2.75, 3.05) is 6.61 Å². The molecule has 1 rings (SSSR count). The SMILES string of the molecule is C=CCCCOCc1cc(C(=O)NN)co1. The second-order valence-corrected chi connectivity index (χ2v) is 3.26. The maximum atomic E-state index is 11.1. The molecule has 0 saturated heterocycles. The topological polar surface area (TPSA) is 77.5 Å². The molecule has 0 aliphatic rings. The molecule has 16 heavy (non-hydrogen) atoms. The highest BCUT2D eigenvalue weighted by atomic mass is 16.5. The summed E-state index contributed by atoms with van der Waals surface area (Å²) >= 11 is 0. The Morgan fingerprint density at radius 3 is 3.19 bits per heavy atom. The average Bonchev–Trinajstić information content (AvgIpc) is 2.76. The lowest BCUT2D eigenvalue weighted by Crippen LogP contribution is -2.29. The van der Waals surface area contributed by atoms with Gasteiger partial charge in [-0.05, 0) is 18.9 Å². The second kappa shape index (κ2) is 6.81. The Bertz CT molecular complexity index is 347. The van der Waals surface area contributed by atoms with Crippen molar-refractivity contribution in [2.45, 2.75) is 19.4 Å². The molecule has 88 valence electrons. The largest absolute Gasteiger partial charge is 0.466 e. The van der Waals surface area contributed by atoms with Crippen molar-refractivity contribution in [2.24, 2.45) is 5.84 Å². The van der Waals surface area contributed by atoms with Crippen LogP contribution in [0.2, 0.25) is 0 Å². The van der Waals surface area contributed by atoms with E-state index in [9.17, 15) is 4.79 Å². The van der Waals surface area contributed by atoms with Gasteiger partial charge in [0, 0.05) is 6.61 Å². The van der Waals surface area contributed by atoms with Crippen molar-refractivity contribution in [1.29, 1.82) is 0 Å². The van der Waals surface area contributed by atoms with E-state index < -0.39 is 0 Å². The molecule has 3 N–H and O–H groups in total. The number of carbonyl (C=O) groups excluding carboxylic acids is 1. The van der Waals surface area contributed by atoms with E-state index in [0.717, 1.165) is 12.8 Å². The van der Waals surface area contributed by atoms with Gasteiger partial charge in [-0.3, -0.25) is 10.2 Å². The fourth-order valence-electron chi connectivity index (χ4n) is 1.16.